The van der Waals surface area contributed by atoms with E-state index >= 15 is 0 Å². The van der Waals surface area contributed by atoms with Gasteiger partial charge in [-0.3, -0.25) is 4.90 Å². The Labute approximate surface area is 164 Å². The maximum atomic E-state index is 13.7. The van der Waals surface area contributed by atoms with E-state index < -0.39 is 0 Å². The van der Waals surface area contributed by atoms with E-state index in [1.54, 1.807) is 31.7 Å². The molecule has 6 nitrogen and oxygen atoms in total. The van der Waals surface area contributed by atoms with Crippen molar-refractivity contribution in [1.82, 2.24) is 9.88 Å². The molecule has 1 spiro atoms. The van der Waals surface area contributed by atoms with Gasteiger partial charge in [0.15, 0.2) is 0 Å². The highest BCUT2D eigenvalue weighted by molar-refractivity contribution is 5.37. The summed E-state index contributed by atoms with van der Waals surface area (Å²) in [7, 11) is 1.65. The Morgan fingerprint density at radius 1 is 1.25 bits per heavy atom. The van der Waals surface area contributed by atoms with Crippen molar-refractivity contribution in [2.45, 2.75) is 36.8 Å². The molecule has 3 aliphatic rings. The van der Waals surface area contributed by atoms with Crippen LogP contribution in [-0.4, -0.2) is 61.4 Å². The number of methoxy groups -OCH3 is 1. The SMILES string of the molecule is COc1ccc(F)cc1C1CCN(C2COC3(C2)CN(c2ncco2)C3)CC1. The van der Waals surface area contributed by atoms with Crippen LogP contribution in [0.3, 0.4) is 0 Å². The molecule has 5 rings (SSSR count). The highest BCUT2D eigenvalue weighted by Crippen LogP contribution is 2.41. The number of oxazole rings is 1. The highest BCUT2D eigenvalue weighted by Gasteiger charge is 2.52. The molecule has 3 aliphatic heterocycles. The molecule has 3 saturated heterocycles. The Balaban J connectivity index is 1.17. The minimum absolute atomic E-state index is 0.0538. The smallest absolute Gasteiger partial charge is 0.297 e. The monoisotopic (exact) mass is 387 g/mol. The fraction of sp³-hybridized carbons (Fsp3) is 0.571. The predicted molar refractivity (Wildman–Crippen MR) is 102 cm³/mol. The lowest BCUT2D eigenvalue weighted by atomic mass is 9.86. The first-order valence-corrected chi connectivity index (χ1v) is 10.0. The van der Waals surface area contributed by atoms with Gasteiger partial charge in [-0.25, -0.2) is 9.37 Å². The third kappa shape index (κ3) is 3.16. The number of aromatic nitrogens is 1. The van der Waals surface area contributed by atoms with Crippen molar-refractivity contribution in [2.24, 2.45) is 0 Å². The fourth-order valence-electron chi connectivity index (χ4n) is 5.03. The summed E-state index contributed by atoms with van der Waals surface area (Å²) in [5.41, 5.74) is 0.948. The number of hydrogen-bond acceptors (Lipinski definition) is 6. The maximum Gasteiger partial charge on any atom is 0.297 e. The summed E-state index contributed by atoms with van der Waals surface area (Å²) in [6.07, 6.45) is 6.38. The normalized spacial score (nSPS) is 25.2. The summed E-state index contributed by atoms with van der Waals surface area (Å²) in [5, 5.41) is 0. The van der Waals surface area contributed by atoms with Gasteiger partial charge in [0, 0.05) is 11.6 Å². The molecule has 0 bridgehead atoms. The maximum absolute atomic E-state index is 13.7. The highest BCUT2D eigenvalue weighted by atomic mass is 19.1. The predicted octanol–water partition coefficient (Wildman–Crippen LogP) is 3.05. The van der Waals surface area contributed by atoms with Crippen molar-refractivity contribution >= 4 is 6.01 Å². The molecular formula is C21H26FN3O3. The zero-order chi connectivity index (χ0) is 19.1. The number of nitrogens with zero attached hydrogens (tertiary/aromatic N) is 3. The van der Waals surface area contributed by atoms with Crippen LogP contribution >= 0.6 is 0 Å². The van der Waals surface area contributed by atoms with E-state index in [9.17, 15) is 4.39 Å². The van der Waals surface area contributed by atoms with Gasteiger partial charge >= 0.3 is 0 Å². The third-order valence-corrected chi connectivity index (χ3v) is 6.51. The molecular weight excluding hydrogens is 361 g/mol. The van der Waals surface area contributed by atoms with Crippen LogP contribution in [0.2, 0.25) is 0 Å². The Kier molecular flexibility index (Phi) is 4.51. The van der Waals surface area contributed by atoms with Crippen molar-refractivity contribution < 1.29 is 18.3 Å². The van der Waals surface area contributed by atoms with Gasteiger partial charge in [0.2, 0.25) is 0 Å². The van der Waals surface area contributed by atoms with Gasteiger partial charge < -0.3 is 18.8 Å². The average Bonchev–Trinajstić information content (AvgIpc) is 3.37. The lowest BCUT2D eigenvalue weighted by molar-refractivity contribution is -0.0215. The van der Waals surface area contributed by atoms with Crippen LogP contribution in [0.25, 0.3) is 0 Å². The van der Waals surface area contributed by atoms with Gasteiger partial charge in [0.05, 0.1) is 33.0 Å². The zero-order valence-corrected chi connectivity index (χ0v) is 16.1. The molecule has 2 aromatic rings. The van der Waals surface area contributed by atoms with Gasteiger partial charge in [-0.15, -0.1) is 0 Å². The second-order valence-electron chi connectivity index (χ2n) is 8.22. The molecule has 7 heteroatoms. The number of ether oxygens (including phenoxy) is 2. The Hall–Kier alpha value is -2.12. The Bertz CT molecular complexity index is 814. The molecule has 150 valence electrons. The van der Waals surface area contributed by atoms with Crippen LogP contribution in [0.1, 0.15) is 30.7 Å². The van der Waals surface area contributed by atoms with Crippen LogP contribution in [0.5, 0.6) is 5.75 Å². The third-order valence-electron chi connectivity index (χ3n) is 6.51. The number of rotatable bonds is 4. The molecule has 0 radical (unpaired) electrons. The first-order valence-electron chi connectivity index (χ1n) is 10.0. The number of anilines is 1. The minimum Gasteiger partial charge on any atom is -0.496 e. The van der Waals surface area contributed by atoms with E-state index in [2.05, 4.69) is 14.8 Å². The molecule has 0 aliphatic carbocycles. The summed E-state index contributed by atoms with van der Waals surface area (Å²) in [4.78, 5) is 8.89. The lowest BCUT2D eigenvalue weighted by Crippen LogP contribution is -2.62. The number of likely N-dealkylation sites (tertiary alicyclic amines) is 1. The van der Waals surface area contributed by atoms with Crippen LogP contribution in [0.15, 0.2) is 35.1 Å². The Morgan fingerprint density at radius 2 is 2.07 bits per heavy atom. The number of benzene rings is 1. The van der Waals surface area contributed by atoms with Crippen LogP contribution in [-0.2, 0) is 4.74 Å². The molecule has 0 saturated carbocycles. The molecule has 0 amide bonds. The number of halogens is 1. The van der Waals surface area contributed by atoms with Gasteiger partial charge in [-0.2, -0.15) is 0 Å². The second kappa shape index (κ2) is 7.04. The summed E-state index contributed by atoms with van der Waals surface area (Å²) < 4.78 is 30.8. The summed E-state index contributed by atoms with van der Waals surface area (Å²) >= 11 is 0. The van der Waals surface area contributed by atoms with E-state index in [1.165, 1.54) is 6.07 Å². The number of piperidine rings is 1. The summed E-state index contributed by atoms with van der Waals surface area (Å²) in [5.74, 6) is 0.955. The average molecular weight is 387 g/mol. The van der Waals surface area contributed by atoms with Crippen molar-refractivity contribution in [1.29, 1.82) is 0 Å². The van der Waals surface area contributed by atoms with E-state index in [-0.39, 0.29) is 11.4 Å². The fourth-order valence-corrected chi connectivity index (χ4v) is 5.03. The van der Waals surface area contributed by atoms with Crippen LogP contribution in [0, 0.1) is 5.82 Å². The van der Waals surface area contributed by atoms with Gasteiger partial charge in [-0.05, 0) is 56.5 Å². The largest absolute Gasteiger partial charge is 0.496 e. The first-order chi connectivity index (χ1) is 13.7. The molecule has 28 heavy (non-hydrogen) atoms. The van der Waals surface area contributed by atoms with Gasteiger partial charge in [0.25, 0.3) is 6.01 Å². The minimum atomic E-state index is -0.190. The second-order valence-corrected chi connectivity index (χ2v) is 8.22. The molecule has 1 aromatic carbocycles. The van der Waals surface area contributed by atoms with Crippen LogP contribution in [0.4, 0.5) is 10.4 Å². The molecule has 1 unspecified atom stereocenters. The molecule has 0 N–H and O–H groups in total. The molecule has 4 heterocycles. The van der Waals surface area contributed by atoms with Gasteiger partial charge in [-0.1, -0.05) is 0 Å². The zero-order valence-electron chi connectivity index (χ0n) is 16.1. The van der Waals surface area contributed by atoms with E-state index in [1.807, 2.05) is 0 Å². The van der Waals surface area contributed by atoms with Crippen LogP contribution < -0.4 is 9.64 Å². The topological polar surface area (TPSA) is 51.0 Å². The molecule has 3 fully saturated rings. The standard InChI is InChI=1S/C21H26FN3O3/c1-26-19-3-2-16(22)10-18(19)15-4-7-24(8-5-15)17-11-21(28-12-17)13-25(14-21)20-23-6-9-27-20/h2-3,6,9-10,15,17H,4-5,7-8,11-14H2,1H3. The Morgan fingerprint density at radius 3 is 2.79 bits per heavy atom. The van der Waals surface area contributed by atoms with Gasteiger partial charge in [0.1, 0.15) is 23.4 Å². The van der Waals surface area contributed by atoms with Crippen molar-refractivity contribution in [2.75, 3.05) is 44.8 Å². The van der Waals surface area contributed by atoms with E-state index in [4.69, 9.17) is 13.9 Å². The van der Waals surface area contributed by atoms with E-state index in [0.717, 1.165) is 63.4 Å². The first kappa shape index (κ1) is 17.9. The quantitative estimate of drug-likeness (QED) is 0.804. The summed E-state index contributed by atoms with van der Waals surface area (Å²) in [6.45, 7) is 4.51. The molecule has 1 atom stereocenters. The summed E-state index contributed by atoms with van der Waals surface area (Å²) in [6, 6.07) is 5.98. The lowest BCUT2D eigenvalue weighted by Gasteiger charge is -2.46. The van der Waals surface area contributed by atoms with Crippen molar-refractivity contribution in [3.8, 4) is 5.75 Å². The van der Waals surface area contributed by atoms with E-state index in [0.29, 0.717) is 18.0 Å². The molecule has 1 aromatic heterocycles. The van der Waals surface area contributed by atoms with Crippen molar-refractivity contribution in [3.05, 3.63) is 42.0 Å². The van der Waals surface area contributed by atoms with Crippen molar-refractivity contribution in [3.63, 3.8) is 0 Å². The number of hydrogen-bond donors (Lipinski definition) is 0.